The molecule has 3 unspecified atom stereocenters. The first-order chi connectivity index (χ1) is 64.9. The summed E-state index contributed by atoms with van der Waals surface area (Å²) in [4.78, 5) is 74.5. The van der Waals surface area contributed by atoms with E-state index in [-0.39, 0.29) is 23.0 Å². The number of carboxylic acids is 1. The number of piperidine rings is 1. The van der Waals surface area contributed by atoms with Crippen LogP contribution in [-0.2, 0) is 30.7 Å². The number of allylic oxidation sites excluding steroid dienone is 2. The number of carboxylic acid groups (broad SMARTS) is 1. The van der Waals surface area contributed by atoms with Crippen LogP contribution in [0.4, 0.5) is 0 Å². The minimum Gasteiger partial charge on any atom is -0.481 e. The van der Waals surface area contributed by atoms with E-state index in [1.807, 2.05) is 264 Å². The van der Waals surface area contributed by atoms with Gasteiger partial charge in [0.25, 0.3) is 5.91 Å². The quantitative estimate of drug-likeness (QED) is 0.0472. The number of H-pyrrole nitrogens is 4. The van der Waals surface area contributed by atoms with Crippen LogP contribution in [0.2, 0.25) is 0 Å². The van der Waals surface area contributed by atoms with Gasteiger partial charge in [0, 0.05) is 189 Å². The molecule has 1 amide bonds. The van der Waals surface area contributed by atoms with Gasteiger partial charge in [0.15, 0.2) is 28.2 Å². The maximum Gasteiger partial charge on any atom is 0.309 e. The average Bonchev–Trinajstić information content (AvgIpc) is 1.62. The molecule has 2 saturated heterocycles. The Kier molecular flexibility index (Phi) is 22.7. The number of para-hydroxylation sites is 1. The summed E-state index contributed by atoms with van der Waals surface area (Å²) in [5.74, 6) is -0.627. The molecule has 2 aliphatic heterocycles. The van der Waals surface area contributed by atoms with Crippen LogP contribution in [-0.4, -0.2) is 189 Å². The number of aryl methyl sites for hydroxylation is 1. The lowest BCUT2D eigenvalue weighted by atomic mass is 9.76. The number of nitrogens with zero attached hydrogens (tertiary/aromatic N) is 18. The van der Waals surface area contributed by atoms with Gasteiger partial charge in [-0.3, -0.25) is 34.6 Å². The van der Waals surface area contributed by atoms with Crippen molar-refractivity contribution in [3.05, 3.63) is 279 Å². The summed E-state index contributed by atoms with van der Waals surface area (Å²) < 4.78 is 37.0. The van der Waals surface area contributed by atoms with Crippen molar-refractivity contribution in [3.8, 4) is 78.3 Å². The van der Waals surface area contributed by atoms with E-state index in [1.165, 1.54) is 13.2 Å². The van der Waals surface area contributed by atoms with Gasteiger partial charge in [-0.05, 0) is 139 Å². The first kappa shape index (κ1) is 84.7. The lowest BCUT2D eigenvalue weighted by molar-refractivity contribution is -0.148. The van der Waals surface area contributed by atoms with E-state index < -0.39 is 27.3 Å². The topological polar surface area (TPSA) is 382 Å². The Hall–Kier alpha value is -15.2. The number of carbonyl (C=O) groups is 2. The molecule has 16 aromatic heterocycles. The third-order valence-corrected chi connectivity index (χ3v) is 28.2. The summed E-state index contributed by atoms with van der Waals surface area (Å²) in [6.45, 7) is 8.89. The molecule has 0 spiro atoms. The molecule has 4 aromatic carbocycles. The van der Waals surface area contributed by atoms with Gasteiger partial charge in [-0.25, -0.2) is 28.4 Å². The van der Waals surface area contributed by atoms with Gasteiger partial charge >= 0.3 is 5.97 Å². The maximum atomic E-state index is 12.2. The summed E-state index contributed by atoms with van der Waals surface area (Å²) >= 11 is 0. The van der Waals surface area contributed by atoms with Crippen molar-refractivity contribution < 1.29 is 33.0 Å². The predicted molar refractivity (Wildman–Crippen MR) is 512 cm³/mol. The minimum atomic E-state index is -3.05. The van der Waals surface area contributed by atoms with Crippen molar-refractivity contribution in [1.82, 2.24) is 114 Å². The fourth-order valence-corrected chi connectivity index (χ4v) is 20.2. The number of hydrogen-bond donors (Lipinski definition) is 7. The number of aliphatic hydroxyl groups is 1. The molecule has 1 saturated carbocycles. The van der Waals surface area contributed by atoms with Crippen molar-refractivity contribution in [2.24, 2.45) is 5.41 Å². The molecule has 666 valence electrons. The lowest BCUT2D eigenvalue weighted by Crippen LogP contribution is -2.42. The first-order valence-electron chi connectivity index (χ1n) is 45.0. The maximum absolute atomic E-state index is 12.2. The largest absolute Gasteiger partial charge is 0.481 e. The Bertz CT molecular complexity index is 7890. The number of aliphatic hydroxyl groups excluding tert-OH is 1. The average molecular weight is 1790 g/mol. The lowest BCUT2D eigenvalue weighted by Gasteiger charge is -2.32. The SMILES string of the molecule is CC1(C(=O)O)CC=C(c2nc3c(-c4ccc(-c5ccccc5)nc4)cnn3c3[nH]ccc23)CC1.CS(=O)(=O)C1CCC(c2nc3c(-c4ccc(-c5ccccc5)nc4)cnn3c3[nH]ccc23)C1.C[C@@H](O)C(=O)N1CCC(c2nc3c(-c4ccc(-c5ccccc5)nc4)cnn3c3[nH]ccc23)CC1.Cc1[nH]nc2c1c(CNC1CCOCC1)nc1c(-c3cnc4ccccc4c3)cnn12. The van der Waals surface area contributed by atoms with E-state index in [0.29, 0.717) is 57.8 Å². The zero-order chi connectivity index (χ0) is 90.6. The van der Waals surface area contributed by atoms with Crippen molar-refractivity contribution in [2.75, 3.05) is 32.6 Å². The van der Waals surface area contributed by atoms with Crippen molar-refractivity contribution in [1.29, 1.82) is 0 Å². The summed E-state index contributed by atoms with van der Waals surface area (Å²) in [6.07, 6.45) is 30.4. The molecule has 3 fully saturated rings. The number of aliphatic carboxylic acids is 1. The number of ether oxygens (including phenoxy) is 1. The molecule has 4 atom stereocenters. The molecule has 20 aromatic rings. The van der Waals surface area contributed by atoms with Crippen LogP contribution >= 0.6 is 0 Å². The van der Waals surface area contributed by atoms with E-state index in [1.54, 1.807) is 4.90 Å². The Balaban J connectivity index is 0.000000107. The normalized spacial score (nSPS) is 17.1. The summed E-state index contributed by atoms with van der Waals surface area (Å²) in [5.41, 5.74) is 26.1. The number of aromatic nitrogens is 21. The molecule has 31 heteroatoms. The van der Waals surface area contributed by atoms with Gasteiger partial charge < -0.3 is 40.1 Å². The number of benzene rings is 4. The third-order valence-electron chi connectivity index (χ3n) is 26.5. The van der Waals surface area contributed by atoms with Crippen LogP contribution in [0.25, 0.3) is 161 Å². The van der Waals surface area contributed by atoms with Gasteiger partial charge in [0.1, 0.15) is 32.9 Å². The highest BCUT2D eigenvalue weighted by Gasteiger charge is 2.38. The Morgan fingerprint density at radius 3 is 1.53 bits per heavy atom. The van der Waals surface area contributed by atoms with Gasteiger partial charge in [0.05, 0.1) is 86.2 Å². The molecule has 133 heavy (non-hydrogen) atoms. The smallest absolute Gasteiger partial charge is 0.309 e. The second-order valence-electron chi connectivity index (χ2n) is 35.1. The number of aromatic amines is 4. The molecule has 0 radical (unpaired) electrons. The number of pyridine rings is 4. The predicted octanol–water partition coefficient (Wildman–Crippen LogP) is 17.6. The van der Waals surface area contributed by atoms with Crippen LogP contribution in [0.15, 0.2) is 250 Å². The highest BCUT2D eigenvalue weighted by Crippen LogP contribution is 2.44. The highest BCUT2D eigenvalue weighted by molar-refractivity contribution is 7.91. The molecule has 4 aliphatic rings. The number of carbonyl (C=O) groups excluding carboxylic acids is 1. The molecule has 30 nitrogen and oxygen atoms in total. The second-order valence-corrected chi connectivity index (χ2v) is 37.4. The van der Waals surface area contributed by atoms with Crippen molar-refractivity contribution in [3.63, 3.8) is 0 Å². The molecule has 0 bridgehead atoms. The Labute approximate surface area is 762 Å². The monoisotopic (exact) mass is 1790 g/mol. The van der Waals surface area contributed by atoms with Crippen molar-refractivity contribution in [2.45, 2.75) is 121 Å². The number of sulfone groups is 1. The molecule has 24 rings (SSSR count). The number of nitrogens with one attached hydrogen (secondary N) is 5. The number of likely N-dealkylation sites (tertiary alicyclic amines) is 1. The summed E-state index contributed by atoms with van der Waals surface area (Å²) in [7, 11) is -3.05. The molecule has 7 N–H and O–H groups in total. The third kappa shape index (κ3) is 16.5. The van der Waals surface area contributed by atoms with Gasteiger partial charge in [-0.1, -0.05) is 133 Å². The Morgan fingerprint density at radius 2 is 1.02 bits per heavy atom. The number of fused-ring (bicyclic) bond motifs is 13. The number of amides is 1. The van der Waals surface area contributed by atoms with Crippen LogP contribution in [0.3, 0.4) is 0 Å². The fourth-order valence-electron chi connectivity index (χ4n) is 19.0. The van der Waals surface area contributed by atoms with Crippen LogP contribution in [0.1, 0.15) is 118 Å². The minimum absolute atomic E-state index is 0.106. The van der Waals surface area contributed by atoms with Gasteiger partial charge in [-0.2, -0.15) is 43.6 Å². The van der Waals surface area contributed by atoms with Crippen molar-refractivity contribution >= 4 is 105 Å². The Morgan fingerprint density at radius 1 is 0.534 bits per heavy atom. The number of hydrogen-bond acceptors (Lipinski definition) is 20. The number of rotatable bonds is 16. The molecular formula is C102H95N23O7S. The summed E-state index contributed by atoms with van der Waals surface area (Å²) in [6, 6.07) is 59.2. The van der Waals surface area contributed by atoms with E-state index in [9.17, 15) is 28.2 Å². The summed E-state index contributed by atoms with van der Waals surface area (Å²) in [5, 5.41) is 53.8. The molecular weight excluding hydrogens is 1690 g/mol. The van der Waals surface area contributed by atoms with Gasteiger partial charge in [0.2, 0.25) is 0 Å². The zero-order valence-electron chi connectivity index (χ0n) is 73.6. The van der Waals surface area contributed by atoms with E-state index >= 15 is 0 Å². The van der Waals surface area contributed by atoms with Gasteiger partial charge in [-0.15, -0.1) is 0 Å². The van der Waals surface area contributed by atoms with Crippen LogP contribution in [0.5, 0.6) is 0 Å². The highest BCUT2D eigenvalue weighted by atomic mass is 32.2. The standard InChI is InChI=1S/C27H26N6O2.C27H23N5O2.C25H23N5O2S.C23H23N7O/c1-17(34)27(35)32-13-10-19(11-14-32)24-21-9-12-28-25(21)33-26(31-24)22(16-30-33)20-7-8-23(29-15-20)18-5-3-2-4-6-18;1-27(26(33)34)12-9-18(10-13-27)23-20-11-14-28-24(20)32-25(31-23)21(16-30-32)19-7-8-22(29-15-19)17-5-3-2-4-6-17;1-33(31,32)19-9-7-17(13-19)23-20-11-12-26-24(20)30-25(29-23)21(15-28-30)18-8-10-22(27-14-18)16-5-3-2-4-6-16;1-14-21-20(13-24-17-6-8-31-9-7-17)27-22-18(12-26-30(22)23(21)29-28-14)16-10-15-4-2-3-5-19(15)25-11-16/h2-9,12,15-17,19,28,34H,10-11,13-14H2,1H3;2-9,11,14-16,28H,10,12-13H2,1H3,(H,33,34);2-6,8,10-12,14-15,17,19,26H,7,9,13H2,1H3;2-5,10-12,17,24H,6-9,13H2,1H3,(H,28,29)/t17-;;;/m1.../s1. The zero-order valence-corrected chi connectivity index (χ0v) is 74.4. The van der Waals surface area contributed by atoms with E-state index in [2.05, 4.69) is 89.0 Å². The van der Waals surface area contributed by atoms with Crippen LogP contribution in [0, 0.1) is 12.3 Å². The fraction of sp³-hybridized carbons (Fsp3) is 0.245. The van der Waals surface area contributed by atoms with Crippen LogP contribution < -0.4 is 5.32 Å². The van der Waals surface area contributed by atoms with E-state index in [0.717, 1.165) is 235 Å². The molecule has 18 heterocycles. The molecule has 2 aliphatic carbocycles. The first-order valence-corrected chi connectivity index (χ1v) is 46.9. The van der Waals surface area contributed by atoms with E-state index in [4.69, 9.17) is 24.7 Å². The second kappa shape index (κ2) is 35.6.